The van der Waals surface area contributed by atoms with Gasteiger partial charge in [-0.05, 0) is 38.0 Å². The van der Waals surface area contributed by atoms with Crippen LogP contribution in [0.2, 0.25) is 0 Å². The molecule has 2 aliphatic heterocycles. The van der Waals surface area contributed by atoms with E-state index in [1.54, 1.807) is 24.3 Å². The zero-order valence-corrected chi connectivity index (χ0v) is 14.6. The van der Waals surface area contributed by atoms with Crippen molar-refractivity contribution in [3.05, 3.63) is 29.8 Å². The number of ether oxygens (including phenoxy) is 1. The first kappa shape index (κ1) is 18.7. The summed E-state index contributed by atoms with van der Waals surface area (Å²) in [6.45, 7) is 4.99. The molecule has 2 heterocycles. The van der Waals surface area contributed by atoms with Crippen LogP contribution in [0.3, 0.4) is 0 Å². The highest BCUT2D eigenvalue weighted by Gasteiger charge is 2.25. The summed E-state index contributed by atoms with van der Waals surface area (Å²) in [4.78, 5) is 26.6. The summed E-state index contributed by atoms with van der Waals surface area (Å²) >= 11 is 0. The monoisotopic (exact) mass is 353 g/mol. The lowest BCUT2D eigenvalue weighted by Crippen LogP contribution is -2.52. The van der Waals surface area contributed by atoms with E-state index in [9.17, 15) is 9.59 Å². The van der Waals surface area contributed by atoms with Gasteiger partial charge in [-0.3, -0.25) is 9.59 Å². The predicted octanol–water partition coefficient (Wildman–Crippen LogP) is 1.66. The average Bonchev–Trinajstić information content (AvgIpc) is 3.09. The number of hydrogen-bond acceptors (Lipinski definition) is 4. The van der Waals surface area contributed by atoms with Gasteiger partial charge in [0.1, 0.15) is 6.10 Å². The smallest absolute Gasteiger partial charge is 0.254 e. The van der Waals surface area contributed by atoms with Crippen LogP contribution in [0.15, 0.2) is 24.3 Å². The molecule has 1 aromatic rings. The van der Waals surface area contributed by atoms with Crippen molar-refractivity contribution in [1.82, 2.24) is 10.2 Å². The number of amides is 2. The van der Waals surface area contributed by atoms with E-state index in [1.165, 1.54) is 0 Å². The summed E-state index contributed by atoms with van der Waals surface area (Å²) < 4.78 is 5.38. The van der Waals surface area contributed by atoms with Crippen LogP contribution in [0, 0.1) is 0 Å². The molecule has 6 nitrogen and oxygen atoms in total. The SMILES string of the molecule is C[C@@H]1CNCCN1C(=O)c1cccc(NC(=O)C2CCCO2)c1.Cl. The van der Waals surface area contributed by atoms with Gasteiger partial charge in [-0.15, -0.1) is 12.4 Å². The van der Waals surface area contributed by atoms with Crippen LogP contribution in [0.25, 0.3) is 0 Å². The molecule has 0 bridgehead atoms. The molecule has 0 radical (unpaired) electrons. The van der Waals surface area contributed by atoms with E-state index >= 15 is 0 Å². The maximum Gasteiger partial charge on any atom is 0.254 e. The summed E-state index contributed by atoms with van der Waals surface area (Å²) in [6, 6.07) is 7.29. The first-order valence-electron chi connectivity index (χ1n) is 8.19. The van der Waals surface area contributed by atoms with Crippen LogP contribution in [-0.4, -0.2) is 55.1 Å². The number of carbonyl (C=O) groups is 2. The summed E-state index contributed by atoms with van der Waals surface area (Å²) in [5.41, 5.74) is 1.24. The fourth-order valence-electron chi connectivity index (χ4n) is 3.05. The Hall–Kier alpha value is -1.63. The molecule has 24 heavy (non-hydrogen) atoms. The number of rotatable bonds is 3. The fourth-order valence-corrected chi connectivity index (χ4v) is 3.05. The number of benzene rings is 1. The number of piperazine rings is 1. The summed E-state index contributed by atoms with van der Waals surface area (Å²) in [5.74, 6) is -0.130. The van der Waals surface area contributed by atoms with E-state index in [0.29, 0.717) is 24.4 Å². The molecule has 0 spiro atoms. The minimum Gasteiger partial charge on any atom is -0.368 e. The molecule has 7 heteroatoms. The molecule has 2 atom stereocenters. The minimum atomic E-state index is -0.373. The zero-order valence-electron chi connectivity index (χ0n) is 13.8. The lowest BCUT2D eigenvalue weighted by molar-refractivity contribution is -0.124. The maximum atomic E-state index is 12.7. The molecule has 132 valence electrons. The van der Waals surface area contributed by atoms with Gasteiger partial charge in [0.25, 0.3) is 11.8 Å². The van der Waals surface area contributed by atoms with E-state index in [0.717, 1.165) is 25.9 Å². The molecular formula is C17H24ClN3O3. The second-order valence-electron chi connectivity index (χ2n) is 6.12. The third-order valence-corrected chi connectivity index (χ3v) is 4.36. The van der Waals surface area contributed by atoms with Crippen LogP contribution >= 0.6 is 12.4 Å². The van der Waals surface area contributed by atoms with E-state index < -0.39 is 0 Å². The number of nitrogens with zero attached hydrogens (tertiary/aromatic N) is 1. The number of nitrogens with one attached hydrogen (secondary N) is 2. The Morgan fingerprint density at radius 2 is 2.21 bits per heavy atom. The van der Waals surface area contributed by atoms with Crippen LogP contribution in [0.5, 0.6) is 0 Å². The number of hydrogen-bond donors (Lipinski definition) is 2. The molecule has 2 aliphatic rings. The number of carbonyl (C=O) groups excluding carboxylic acids is 2. The lowest BCUT2D eigenvalue weighted by atomic mass is 10.1. The lowest BCUT2D eigenvalue weighted by Gasteiger charge is -2.34. The highest BCUT2D eigenvalue weighted by molar-refractivity contribution is 5.98. The predicted molar refractivity (Wildman–Crippen MR) is 94.7 cm³/mol. The van der Waals surface area contributed by atoms with Gasteiger partial charge in [-0.1, -0.05) is 6.07 Å². The van der Waals surface area contributed by atoms with Crippen molar-refractivity contribution in [2.45, 2.75) is 31.9 Å². The van der Waals surface area contributed by atoms with E-state index in [-0.39, 0.29) is 36.4 Å². The van der Waals surface area contributed by atoms with E-state index in [1.807, 2.05) is 11.8 Å². The first-order valence-corrected chi connectivity index (χ1v) is 8.19. The molecule has 0 aliphatic carbocycles. The summed E-state index contributed by atoms with van der Waals surface area (Å²) in [7, 11) is 0. The Bertz CT molecular complexity index is 590. The number of anilines is 1. The Morgan fingerprint density at radius 3 is 2.92 bits per heavy atom. The van der Waals surface area contributed by atoms with E-state index in [2.05, 4.69) is 10.6 Å². The van der Waals surface area contributed by atoms with Crippen molar-refractivity contribution in [2.75, 3.05) is 31.6 Å². The summed E-state index contributed by atoms with van der Waals surface area (Å²) in [5, 5.41) is 6.12. The second-order valence-corrected chi connectivity index (χ2v) is 6.12. The van der Waals surface area contributed by atoms with Crippen molar-refractivity contribution in [1.29, 1.82) is 0 Å². The first-order chi connectivity index (χ1) is 11.1. The van der Waals surface area contributed by atoms with E-state index in [4.69, 9.17) is 4.74 Å². The molecule has 2 saturated heterocycles. The Balaban J connectivity index is 0.00000208. The third kappa shape index (κ3) is 4.26. The molecule has 0 aromatic heterocycles. The quantitative estimate of drug-likeness (QED) is 0.867. The normalized spacial score (nSPS) is 23.5. The van der Waals surface area contributed by atoms with Crippen molar-refractivity contribution in [2.24, 2.45) is 0 Å². The molecule has 3 rings (SSSR count). The van der Waals surface area contributed by atoms with Crippen LogP contribution in [-0.2, 0) is 9.53 Å². The van der Waals surface area contributed by atoms with Crippen molar-refractivity contribution in [3.8, 4) is 0 Å². The Morgan fingerprint density at radius 1 is 1.38 bits per heavy atom. The van der Waals surface area contributed by atoms with Crippen LogP contribution in [0.4, 0.5) is 5.69 Å². The van der Waals surface area contributed by atoms with Gasteiger partial charge in [-0.2, -0.15) is 0 Å². The molecule has 2 N–H and O–H groups in total. The van der Waals surface area contributed by atoms with Crippen molar-refractivity contribution in [3.63, 3.8) is 0 Å². The molecule has 1 aromatic carbocycles. The highest BCUT2D eigenvalue weighted by Crippen LogP contribution is 2.18. The molecule has 2 fully saturated rings. The molecule has 0 saturated carbocycles. The van der Waals surface area contributed by atoms with Gasteiger partial charge in [0.05, 0.1) is 0 Å². The van der Waals surface area contributed by atoms with Crippen molar-refractivity contribution >= 4 is 29.9 Å². The van der Waals surface area contributed by atoms with Gasteiger partial charge in [0, 0.05) is 43.5 Å². The fraction of sp³-hybridized carbons (Fsp3) is 0.529. The van der Waals surface area contributed by atoms with Gasteiger partial charge in [0.2, 0.25) is 0 Å². The minimum absolute atomic E-state index is 0. The maximum absolute atomic E-state index is 12.7. The van der Waals surface area contributed by atoms with Gasteiger partial charge < -0.3 is 20.3 Å². The van der Waals surface area contributed by atoms with Gasteiger partial charge in [0.15, 0.2) is 0 Å². The van der Waals surface area contributed by atoms with Crippen LogP contribution < -0.4 is 10.6 Å². The molecule has 1 unspecified atom stereocenters. The van der Waals surface area contributed by atoms with Crippen molar-refractivity contribution < 1.29 is 14.3 Å². The Labute approximate surface area is 148 Å². The van der Waals surface area contributed by atoms with Gasteiger partial charge >= 0.3 is 0 Å². The second kappa shape index (κ2) is 8.46. The molecule has 2 amide bonds. The largest absolute Gasteiger partial charge is 0.368 e. The Kier molecular flexibility index (Phi) is 6.60. The average molecular weight is 354 g/mol. The zero-order chi connectivity index (χ0) is 16.2. The third-order valence-electron chi connectivity index (χ3n) is 4.36. The van der Waals surface area contributed by atoms with Gasteiger partial charge in [-0.25, -0.2) is 0 Å². The standard InChI is InChI=1S/C17H23N3O3.ClH/c1-12-11-18-7-8-20(12)17(22)13-4-2-5-14(10-13)19-16(21)15-6-3-9-23-15;/h2,4-5,10,12,15,18H,3,6-9,11H2,1H3,(H,19,21);1H/t12-,15?;/m1./s1. The molecular weight excluding hydrogens is 330 g/mol. The summed E-state index contributed by atoms with van der Waals surface area (Å²) in [6.07, 6.45) is 1.29. The number of halogens is 1. The van der Waals surface area contributed by atoms with Crippen LogP contribution in [0.1, 0.15) is 30.1 Å². The topological polar surface area (TPSA) is 70.7 Å². The highest BCUT2D eigenvalue weighted by atomic mass is 35.5.